The summed E-state index contributed by atoms with van der Waals surface area (Å²) in [5.74, 6) is 0. The molecule has 0 unspecified atom stereocenters. The molecule has 0 aliphatic carbocycles. The maximum atomic E-state index is 12.0. The summed E-state index contributed by atoms with van der Waals surface area (Å²) in [5, 5.41) is 2.85. The molecule has 0 fully saturated rings. The zero-order valence-corrected chi connectivity index (χ0v) is 11.6. The van der Waals surface area contributed by atoms with E-state index < -0.39 is 0 Å². The van der Waals surface area contributed by atoms with Gasteiger partial charge in [0.2, 0.25) is 0 Å². The van der Waals surface area contributed by atoms with Crippen LogP contribution in [0.1, 0.15) is 0 Å². The summed E-state index contributed by atoms with van der Waals surface area (Å²) in [6.45, 7) is 8.27. The van der Waals surface area contributed by atoms with Gasteiger partial charge in [0.15, 0.2) is 0 Å². The standard InChI is InChI=1S/C15H21N3O/c1-5-11-18(12-6-2)15(19)16-13-7-9-14(10-8-13)17(3)4/h5-10H,1-2,11-12H2,3-4H3,(H,16,19). The van der Waals surface area contributed by atoms with Gasteiger partial charge in [0, 0.05) is 38.6 Å². The summed E-state index contributed by atoms with van der Waals surface area (Å²) >= 11 is 0. The van der Waals surface area contributed by atoms with Crippen LogP contribution in [0, 0.1) is 0 Å². The SMILES string of the molecule is C=CCN(CC=C)C(=O)Nc1ccc(N(C)C)cc1. The van der Waals surface area contributed by atoms with Crippen molar-refractivity contribution in [2.24, 2.45) is 0 Å². The van der Waals surface area contributed by atoms with Gasteiger partial charge in [0.25, 0.3) is 0 Å². The highest BCUT2D eigenvalue weighted by Crippen LogP contribution is 2.16. The van der Waals surface area contributed by atoms with Gasteiger partial charge in [-0.15, -0.1) is 13.2 Å². The first-order valence-electron chi connectivity index (χ1n) is 6.13. The maximum absolute atomic E-state index is 12.0. The van der Waals surface area contributed by atoms with Gasteiger partial charge in [-0.25, -0.2) is 4.79 Å². The van der Waals surface area contributed by atoms with E-state index in [0.717, 1.165) is 11.4 Å². The number of hydrogen-bond donors (Lipinski definition) is 1. The lowest BCUT2D eigenvalue weighted by atomic mass is 10.2. The molecule has 0 aliphatic heterocycles. The third-order valence-electron chi connectivity index (χ3n) is 2.62. The topological polar surface area (TPSA) is 35.6 Å². The molecule has 0 atom stereocenters. The van der Waals surface area contributed by atoms with Crippen molar-refractivity contribution in [2.45, 2.75) is 0 Å². The van der Waals surface area contributed by atoms with E-state index in [1.54, 1.807) is 17.1 Å². The van der Waals surface area contributed by atoms with Gasteiger partial charge in [0.05, 0.1) is 0 Å². The molecule has 1 N–H and O–H groups in total. The number of nitrogens with zero attached hydrogens (tertiary/aromatic N) is 2. The number of hydrogen-bond acceptors (Lipinski definition) is 2. The van der Waals surface area contributed by atoms with E-state index in [4.69, 9.17) is 0 Å². The van der Waals surface area contributed by atoms with Gasteiger partial charge in [-0.05, 0) is 24.3 Å². The van der Waals surface area contributed by atoms with E-state index >= 15 is 0 Å². The van der Waals surface area contributed by atoms with Crippen LogP contribution in [0.25, 0.3) is 0 Å². The molecule has 4 heteroatoms. The summed E-state index contributed by atoms with van der Waals surface area (Å²) in [4.78, 5) is 15.7. The van der Waals surface area contributed by atoms with Crippen molar-refractivity contribution < 1.29 is 4.79 Å². The minimum Gasteiger partial charge on any atom is -0.378 e. The first-order chi connectivity index (χ1) is 9.08. The van der Waals surface area contributed by atoms with Crippen LogP contribution in [0.3, 0.4) is 0 Å². The summed E-state index contributed by atoms with van der Waals surface area (Å²) < 4.78 is 0. The number of rotatable bonds is 6. The maximum Gasteiger partial charge on any atom is 0.322 e. The van der Waals surface area contributed by atoms with Crippen LogP contribution in [-0.2, 0) is 0 Å². The van der Waals surface area contributed by atoms with Gasteiger partial charge in [0.1, 0.15) is 0 Å². The predicted molar refractivity (Wildman–Crippen MR) is 81.8 cm³/mol. The quantitative estimate of drug-likeness (QED) is 0.797. The van der Waals surface area contributed by atoms with Crippen molar-refractivity contribution in [1.82, 2.24) is 4.90 Å². The van der Waals surface area contributed by atoms with Crippen LogP contribution in [0.15, 0.2) is 49.6 Å². The Kier molecular flexibility index (Phi) is 5.67. The molecule has 0 bridgehead atoms. The lowest BCUT2D eigenvalue weighted by Crippen LogP contribution is -2.35. The van der Waals surface area contributed by atoms with E-state index in [0.29, 0.717) is 13.1 Å². The Morgan fingerprint density at radius 2 is 1.68 bits per heavy atom. The van der Waals surface area contributed by atoms with Crippen LogP contribution < -0.4 is 10.2 Å². The number of urea groups is 1. The molecule has 0 heterocycles. The fourth-order valence-electron chi connectivity index (χ4n) is 1.60. The van der Waals surface area contributed by atoms with E-state index in [1.165, 1.54) is 0 Å². The Morgan fingerprint density at radius 1 is 1.16 bits per heavy atom. The smallest absolute Gasteiger partial charge is 0.322 e. The summed E-state index contributed by atoms with van der Waals surface area (Å²) in [6, 6.07) is 7.53. The van der Waals surface area contributed by atoms with E-state index in [9.17, 15) is 4.79 Å². The van der Waals surface area contributed by atoms with Gasteiger partial charge in [-0.2, -0.15) is 0 Å². The Hall–Kier alpha value is -2.23. The molecule has 0 aliphatic rings. The third-order valence-corrected chi connectivity index (χ3v) is 2.62. The zero-order valence-electron chi connectivity index (χ0n) is 11.6. The number of amides is 2. The highest BCUT2D eigenvalue weighted by Gasteiger charge is 2.10. The second-order valence-corrected chi connectivity index (χ2v) is 4.35. The number of carbonyl (C=O) groups excluding carboxylic acids is 1. The van der Waals surface area contributed by atoms with Gasteiger partial charge < -0.3 is 15.1 Å². The van der Waals surface area contributed by atoms with Crippen molar-refractivity contribution in [2.75, 3.05) is 37.4 Å². The minimum atomic E-state index is -0.155. The van der Waals surface area contributed by atoms with Crippen LogP contribution in [0.2, 0.25) is 0 Å². The van der Waals surface area contributed by atoms with E-state index in [-0.39, 0.29) is 6.03 Å². The molecule has 0 saturated heterocycles. The first kappa shape index (κ1) is 14.8. The number of nitrogens with one attached hydrogen (secondary N) is 1. The Balaban J connectivity index is 2.69. The van der Waals surface area contributed by atoms with Crippen molar-refractivity contribution in [3.05, 3.63) is 49.6 Å². The Bertz CT molecular complexity index is 427. The van der Waals surface area contributed by atoms with Crippen LogP contribution >= 0.6 is 0 Å². The number of benzene rings is 1. The minimum absolute atomic E-state index is 0.155. The van der Waals surface area contributed by atoms with Crippen LogP contribution in [0.4, 0.5) is 16.2 Å². The molecule has 1 rings (SSSR count). The molecule has 0 aromatic heterocycles. The molecule has 2 amide bonds. The third kappa shape index (κ3) is 4.50. The molecule has 102 valence electrons. The van der Waals surface area contributed by atoms with Crippen molar-refractivity contribution in [3.8, 4) is 0 Å². The highest BCUT2D eigenvalue weighted by atomic mass is 16.2. The fraction of sp³-hybridized carbons (Fsp3) is 0.267. The van der Waals surface area contributed by atoms with Crippen molar-refractivity contribution in [3.63, 3.8) is 0 Å². The molecule has 0 spiro atoms. The first-order valence-corrected chi connectivity index (χ1v) is 6.13. The monoisotopic (exact) mass is 259 g/mol. The molecular formula is C15H21N3O. The van der Waals surface area contributed by atoms with Crippen molar-refractivity contribution >= 4 is 17.4 Å². The predicted octanol–water partition coefficient (Wildman–Crippen LogP) is 2.96. The molecule has 0 radical (unpaired) electrons. The van der Waals surface area contributed by atoms with E-state index in [2.05, 4.69) is 18.5 Å². The lowest BCUT2D eigenvalue weighted by molar-refractivity contribution is 0.222. The van der Waals surface area contributed by atoms with E-state index in [1.807, 2.05) is 43.3 Å². The average Bonchev–Trinajstić information content (AvgIpc) is 2.39. The lowest BCUT2D eigenvalue weighted by Gasteiger charge is -2.20. The largest absolute Gasteiger partial charge is 0.378 e. The number of carbonyl (C=O) groups is 1. The highest BCUT2D eigenvalue weighted by molar-refractivity contribution is 5.89. The van der Waals surface area contributed by atoms with Crippen LogP contribution in [0.5, 0.6) is 0 Å². The van der Waals surface area contributed by atoms with Crippen molar-refractivity contribution in [1.29, 1.82) is 0 Å². The summed E-state index contributed by atoms with van der Waals surface area (Å²) in [7, 11) is 3.95. The molecular weight excluding hydrogens is 238 g/mol. The summed E-state index contributed by atoms with van der Waals surface area (Å²) in [5.41, 5.74) is 1.86. The Morgan fingerprint density at radius 3 is 2.11 bits per heavy atom. The molecule has 1 aromatic carbocycles. The molecule has 1 aromatic rings. The average molecular weight is 259 g/mol. The molecule has 0 saturated carbocycles. The number of anilines is 2. The second kappa shape index (κ2) is 7.26. The zero-order chi connectivity index (χ0) is 14.3. The van der Waals surface area contributed by atoms with Gasteiger partial charge >= 0.3 is 6.03 Å². The summed E-state index contributed by atoms with van der Waals surface area (Å²) in [6.07, 6.45) is 3.39. The van der Waals surface area contributed by atoms with Crippen LogP contribution in [-0.4, -0.2) is 38.1 Å². The van der Waals surface area contributed by atoms with Gasteiger partial charge in [-0.3, -0.25) is 0 Å². The van der Waals surface area contributed by atoms with Gasteiger partial charge in [-0.1, -0.05) is 12.2 Å². The Labute approximate surface area is 115 Å². The normalized spacial score (nSPS) is 9.58. The molecule has 4 nitrogen and oxygen atoms in total. The molecule has 19 heavy (non-hydrogen) atoms. The fourth-order valence-corrected chi connectivity index (χ4v) is 1.60. The second-order valence-electron chi connectivity index (χ2n) is 4.35.